The molecule has 0 saturated carbocycles. The van der Waals surface area contributed by atoms with Gasteiger partial charge in [-0.3, -0.25) is 9.10 Å². The molecule has 1 aliphatic rings. The summed E-state index contributed by atoms with van der Waals surface area (Å²) in [5.41, 5.74) is 0. The molecule has 2 rings (SSSR count). The van der Waals surface area contributed by atoms with Gasteiger partial charge in [-0.1, -0.05) is 0 Å². The highest BCUT2D eigenvalue weighted by Crippen LogP contribution is 2.28. The first-order chi connectivity index (χ1) is 8.16. The molecule has 1 atom stereocenters. The summed E-state index contributed by atoms with van der Waals surface area (Å²) >= 11 is 1.34. The first-order valence-electron chi connectivity index (χ1n) is 5.48. The second-order valence-electron chi connectivity index (χ2n) is 3.91. The number of hydrogen-bond donors (Lipinski definition) is 0. The van der Waals surface area contributed by atoms with Gasteiger partial charge in [0.05, 0.1) is 12.6 Å². The van der Waals surface area contributed by atoms with Gasteiger partial charge in [0.25, 0.3) is 0 Å². The Morgan fingerprint density at radius 1 is 1.47 bits per heavy atom. The van der Waals surface area contributed by atoms with E-state index in [1.807, 2.05) is 0 Å². The second-order valence-corrected chi connectivity index (χ2v) is 4.95. The SMILES string of the molecule is CC(=O)N(Sc1ccc(F)cc1)C1CCOC1. The normalized spacial score (nSPS) is 19.3. The summed E-state index contributed by atoms with van der Waals surface area (Å²) in [7, 11) is 0. The molecule has 3 nitrogen and oxygen atoms in total. The van der Waals surface area contributed by atoms with Gasteiger partial charge in [-0.05, 0) is 42.6 Å². The Morgan fingerprint density at radius 3 is 2.71 bits per heavy atom. The van der Waals surface area contributed by atoms with Gasteiger partial charge in [-0.2, -0.15) is 0 Å². The van der Waals surface area contributed by atoms with Gasteiger partial charge in [-0.15, -0.1) is 0 Å². The lowest BCUT2D eigenvalue weighted by Gasteiger charge is -2.25. The molecule has 1 saturated heterocycles. The van der Waals surface area contributed by atoms with Crippen molar-refractivity contribution in [2.45, 2.75) is 24.3 Å². The molecule has 0 aliphatic carbocycles. The minimum absolute atomic E-state index is 0.00479. The lowest BCUT2D eigenvalue weighted by atomic mass is 10.2. The van der Waals surface area contributed by atoms with Crippen LogP contribution in [-0.2, 0) is 9.53 Å². The summed E-state index contributed by atoms with van der Waals surface area (Å²) in [5.74, 6) is -0.275. The fraction of sp³-hybridized carbons (Fsp3) is 0.417. The summed E-state index contributed by atoms with van der Waals surface area (Å²) in [6, 6.07) is 6.25. The molecule has 1 aromatic carbocycles. The monoisotopic (exact) mass is 255 g/mol. The quantitative estimate of drug-likeness (QED) is 0.777. The molecule has 0 radical (unpaired) electrons. The van der Waals surface area contributed by atoms with Gasteiger partial charge in [0.1, 0.15) is 5.82 Å². The van der Waals surface area contributed by atoms with E-state index in [4.69, 9.17) is 4.74 Å². The van der Waals surface area contributed by atoms with Crippen LogP contribution in [0.1, 0.15) is 13.3 Å². The Morgan fingerprint density at radius 2 is 2.18 bits per heavy atom. The number of hydrogen-bond acceptors (Lipinski definition) is 3. The topological polar surface area (TPSA) is 29.5 Å². The van der Waals surface area contributed by atoms with Crippen LogP contribution in [0.4, 0.5) is 4.39 Å². The molecule has 0 bridgehead atoms. The molecule has 17 heavy (non-hydrogen) atoms. The summed E-state index contributed by atoms with van der Waals surface area (Å²) in [4.78, 5) is 12.4. The van der Waals surface area contributed by atoms with E-state index in [-0.39, 0.29) is 17.8 Å². The van der Waals surface area contributed by atoms with Crippen LogP contribution in [0.2, 0.25) is 0 Å². The number of amides is 1. The van der Waals surface area contributed by atoms with Gasteiger partial charge < -0.3 is 4.74 Å². The van der Waals surface area contributed by atoms with Gasteiger partial charge >= 0.3 is 0 Å². The zero-order chi connectivity index (χ0) is 12.3. The molecule has 1 heterocycles. The molecule has 0 aromatic heterocycles. The van der Waals surface area contributed by atoms with Crippen LogP contribution < -0.4 is 0 Å². The number of nitrogens with zero attached hydrogens (tertiary/aromatic N) is 1. The van der Waals surface area contributed by atoms with Crippen molar-refractivity contribution in [3.8, 4) is 0 Å². The molecular weight excluding hydrogens is 241 g/mol. The van der Waals surface area contributed by atoms with Crippen molar-refractivity contribution in [1.29, 1.82) is 0 Å². The van der Waals surface area contributed by atoms with Crippen LogP contribution in [-0.4, -0.2) is 29.5 Å². The Hall–Kier alpha value is -1.07. The smallest absolute Gasteiger partial charge is 0.229 e. The fourth-order valence-corrected chi connectivity index (χ4v) is 2.64. The molecule has 0 N–H and O–H groups in total. The summed E-state index contributed by atoms with van der Waals surface area (Å²) in [5, 5.41) is 0. The molecular formula is C12H14FNO2S. The van der Waals surface area contributed by atoms with Crippen LogP contribution in [0.25, 0.3) is 0 Å². The van der Waals surface area contributed by atoms with Gasteiger partial charge in [0.15, 0.2) is 0 Å². The molecule has 92 valence electrons. The molecule has 5 heteroatoms. The Balaban J connectivity index is 2.06. The fourth-order valence-electron chi connectivity index (χ4n) is 1.71. The highest BCUT2D eigenvalue weighted by molar-refractivity contribution is 7.97. The minimum Gasteiger partial charge on any atom is -0.379 e. The third-order valence-corrected chi connectivity index (χ3v) is 3.80. The van der Waals surface area contributed by atoms with E-state index in [0.717, 1.165) is 11.3 Å². The van der Waals surface area contributed by atoms with Gasteiger partial charge in [0, 0.05) is 18.4 Å². The maximum atomic E-state index is 12.8. The van der Waals surface area contributed by atoms with Crippen molar-refractivity contribution in [3.63, 3.8) is 0 Å². The summed E-state index contributed by atoms with van der Waals surface area (Å²) in [6.45, 7) is 2.81. The third-order valence-electron chi connectivity index (χ3n) is 2.57. The number of ether oxygens (including phenoxy) is 1. The van der Waals surface area contributed by atoms with Crippen LogP contribution in [0.5, 0.6) is 0 Å². The number of carbonyl (C=O) groups is 1. The first kappa shape index (κ1) is 12.4. The number of carbonyl (C=O) groups excluding carboxylic acids is 1. The van der Waals surface area contributed by atoms with Crippen molar-refractivity contribution in [3.05, 3.63) is 30.1 Å². The second kappa shape index (κ2) is 5.51. The van der Waals surface area contributed by atoms with Crippen molar-refractivity contribution in [2.24, 2.45) is 0 Å². The number of rotatable bonds is 3. The first-order valence-corrected chi connectivity index (χ1v) is 6.25. The molecule has 1 unspecified atom stereocenters. The molecule has 1 aromatic rings. The zero-order valence-electron chi connectivity index (χ0n) is 9.56. The van der Waals surface area contributed by atoms with Gasteiger partial charge in [0.2, 0.25) is 5.91 Å². The number of halogens is 1. The van der Waals surface area contributed by atoms with E-state index in [9.17, 15) is 9.18 Å². The Bertz CT molecular complexity index is 390. The van der Waals surface area contributed by atoms with Crippen molar-refractivity contribution in [1.82, 2.24) is 4.31 Å². The standard InChI is InChI=1S/C12H14FNO2S/c1-9(15)14(11-6-7-16-8-11)17-12-4-2-10(13)3-5-12/h2-5,11H,6-8H2,1H3. The van der Waals surface area contributed by atoms with E-state index in [0.29, 0.717) is 13.2 Å². The van der Waals surface area contributed by atoms with Gasteiger partial charge in [-0.25, -0.2) is 4.39 Å². The highest BCUT2D eigenvalue weighted by Gasteiger charge is 2.26. The Labute approximate surface area is 104 Å². The van der Waals surface area contributed by atoms with Crippen molar-refractivity contribution in [2.75, 3.05) is 13.2 Å². The predicted molar refractivity (Wildman–Crippen MR) is 64.0 cm³/mol. The summed E-state index contributed by atoms with van der Waals surface area (Å²) < 4.78 is 19.8. The molecule has 1 aliphatic heterocycles. The third kappa shape index (κ3) is 3.20. The predicted octanol–water partition coefficient (Wildman–Crippen LogP) is 2.47. The van der Waals surface area contributed by atoms with Crippen LogP contribution in [0, 0.1) is 5.82 Å². The van der Waals surface area contributed by atoms with E-state index < -0.39 is 0 Å². The average Bonchev–Trinajstić information content (AvgIpc) is 2.81. The van der Waals surface area contributed by atoms with Crippen molar-refractivity contribution >= 4 is 17.9 Å². The molecule has 1 fully saturated rings. The van der Waals surface area contributed by atoms with Crippen LogP contribution in [0.15, 0.2) is 29.2 Å². The van der Waals surface area contributed by atoms with E-state index in [1.54, 1.807) is 16.4 Å². The lowest BCUT2D eigenvalue weighted by Crippen LogP contribution is -2.33. The molecule has 1 amide bonds. The minimum atomic E-state index is -0.270. The largest absolute Gasteiger partial charge is 0.379 e. The highest BCUT2D eigenvalue weighted by atomic mass is 32.2. The Kier molecular flexibility index (Phi) is 4.02. The zero-order valence-corrected chi connectivity index (χ0v) is 10.4. The maximum absolute atomic E-state index is 12.8. The lowest BCUT2D eigenvalue weighted by molar-refractivity contribution is -0.125. The van der Waals surface area contributed by atoms with E-state index in [2.05, 4.69) is 0 Å². The maximum Gasteiger partial charge on any atom is 0.229 e. The van der Waals surface area contributed by atoms with Crippen molar-refractivity contribution < 1.29 is 13.9 Å². The van der Waals surface area contributed by atoms with Crippen LogP contribution in [0.3, 0.4) is 0 Å². The number of benzene rings is 1. The average molecular weight is 255 g/mol. The van der Waals surface area contributed by atoms with Crippen LogP contribution >= 0.6 is 11.9 Å². The van der Waals surface area contributed by atoms with E-state index in [1.165, 1.54) is 31.0 Å². The van der Waals surface area contributed by atoms with E-state index >= 15 is 0 Å². The summed E-state index contributed by atoms with van der Waals surface area (Å²) in [6.07, 6.45) is 0.855. The molecule has 0 spiro atoms.